The lowest BCUT2D eigenvalue weighted by Crippen LogP contribution is -2.25. The Labute approximate surface area is 116 Å². The van der Waals surface area contributed by atoms with E-state index in [1.165, 1.54) is 6.07 Å². The van der Waals surface area contributed by atoms with Gasteiger partial charge in [0.2, 0.25) is 10.0 Å². The second kappa shape index (κ2) is 6.73. The van der Waals surface area contributed by atoms with Gasteiger partial charge in [-0.3, -0.25) is 0 Å². The average molecular weight is 341 g/mol. The number of benzene rings is 1. The molecule has 0 atom stereocenters. The Morgan fingerprint density at radius 3 is 2.65 bits per heavy atom. The van der Waals surface area contributed by atoms with Gasteiger partial charge < -0.3 is 0 Å². The van der Waals surface area contributed by atoms with Crippen LogP contribution in [-0.4, -0.2) is 15.0 Å². The van der Waals surface area contributed by atoms with Gasteiger partial charge in [0.1, 0.15) is 4.90 Å². The third kappa shape index (κ3) is 4.58. The van der Waals surface area contributed by atoms with E-state index >= 15 is 0 Å². The van der Waals surface area contributed by atoms with Crippen molar-refractivity contribution in [2.75, 3.05) is 6.54 Å². The predicted octanol–water partition coefficient (Wildman–Crippen LogP) is 3.57. The molecule has 0 radical (unpaired) electrons. The van der Waals surface area contributed by atoms with Crippen molar-refractivity contribution in [1.82, 2.24) is 4.72 Å². The Kier molecular flexibility index (Phi) is 5.92. The number of unbranched alkanes of at least 4 members (excludes halogenated alkanes) is 2. The van der Waals surface area contributed by atoms with Crippen LogP contribution in [0.25, 0.3) is 0 Å². The zero-order chi connectivity index (χ0) is 12.9. The molecule has 0 unspecified atom stereocenters. The lowest BCUT2D eigenvalue weighted by atomic mass is 10.3. The minimum atomic E-state index is -3.49. The van der Waals surface area contributed by atoms with Gasteiger partial charge in [-0.15, -0.1) is 0 Å². The zero-order valence-corrected chi connectivity index (χ0v) is 12.7. The van der Waals surface area contributed by atoms with Gasteiger partial charge in [-0.1, -0.05) is 47.3 Å². The van der Waals surface area contributed by atoms with Crippen molar-refractivity contribution in [1.29, 1.82) is 0 Å². The first kappa shape index (κ1) is 15.0. The maximum absolute atomic E-state index is 11.9. The molecule has 0 aliphatic heterocycles. The van der Waals surface area contributed by atoms with E-state index in [1.54, 1.807) is 12.1 Å². The van der Waals surface area contributed by atoms with Crippen molar-refractivity contribution in [2.24, 2.45) is 0 Å². The highest BCUT2D eigenvalue weighted by molar-refractivity contribution is 9.10. The molecule has 1 N–H and O–H groups in total. The quantitative estimate of drug-likeness (QED) is 0.805. The first-order valence-electron chi connectivity index (χ1n) is 5.42. The number of sulfonamides is 1. The van der Waals surface area contributed by atoms with Gasteiger partial charge in [0.25, 0.3) is 0 Å². The van der Waals surface area contributed by atoms with Crippen LogP contribution >= 0.6 is 27.5 Å². The van der Waals surface area contributed by atoms with Crippen LogP contribution in [0.2, 0.25) is 5.02 Å². The van der Waals surface area contributed by atoms with Gasteiger partial charge >= 0.3 is 0 Å². The summed E-state index contributed by atoms with van der Waals surface area (Å²) >= 11 is 9.14. The summed E-state index contributed by atoms with van der Waals surface area (Å²) in [6, 6.07) is 4.73. The third-order valence-corrected chi connectivity index (χ3v) is 4.69. The lowest BCUT2D eigenvalue weighted by molar-refractivity contribution is 0.576. The zero-order valence-electron chi connectivity index (χ0n) is 9.54. The molecule has 0 saturated carbocycles. The van der Waals surface area contributed by atoms with Gasteiger partial charge in [0, 0.05) is 11.0 Å². The van der Waals surface area contributed by atoms with E-state index in [-0.39, 0.29) is 9.92 Å². The van der Waals surface area contributed by atoms with Crippen LogP contribution in [0, 0.1) is 0 Å². The monoisotopic (exact) mass is 339 g/mol. The topological polar surface area (TPSA) is 46.2 Å². The van der Waals surface area contributed by atoms with E-state index in [2.05, 4.69) is 27.6 Å². The maximum Gasteiger partial charge on any atom is 0.242 e. The molecule has 0 aliphatic carbocycles. The van der Waals surface area contributed by atoms with Crippen molar-refractivity contribution in [3.05, 3.63) is 27.7 Å². The van der Waals surface area contributed by atoms with E-state index in [4.69, 9.17) is 11.6 Å². The maximum atomic E-state index is 11.9. The minimum Gasteiger partial charge on any atom is -0.211 e. The molecule has 0 fully saturated rings. The van der Waals surface area contributed by atoms with Gasteiger partial charge in [0.05, 0.1) is 5.02 Å². The Morgan fingerprint density at radius 2 is 2.06 bits per heavy atom. The summed E-state index contributed by atoms with van der Waals surface area (Å²) in [4.78, 5) is 0.124. The number of rotatable bonds is 6. The average Bonchev–Trinajstić information content (AvgIpc) is 2.24. The number of halogens is 2. The second-order valence-corrected chi connectivity index (χ2v) is 6.74. The number of nitrogens with one attached hydrogen (secondary N) is 1. The fraction of sp³-hybridized carbons (Fsp3) is 0.455. The van der Waals surface area contributed by atoms with Crippen molar-refractivity contribution in [2.45, 2.75) is 31.1 Å². The van der Waals surface area contributed by atoms with Crippen molar-refractivity contribution in [3.8, 4) is 0 Å². The van der Waals surface area contributed by atoms with Crippen LogP contribution in [0.3, 0.4) is 0 Å². The second-order valence-electron chi connectivity index (χ2n) is 3.68. The summed E-state index contributed by atoms with van der Waals surface area (Å²) in [7, 11) is -3.49. The van der Waals surface area contributed by atoms with E-state index < -0.39 is 10.0 Å². The molecular weight excluding hydrogens is 326 g/mol. The Balaban J connectivity index is 2.76. The Hall–Kier alpha value is -0.100. The van der Waals surface area contributed by atoms with Crippen LogP contribution in [-0.2, 0) is 10.0 Å². The third-order valence-electron chi connectivity index (χ3n) is 2.26. The summed E-state index contributed by atoms with van der Waals surface area (Å²) in [5, 5.41) is 0.224. The molecule has 0 aromatic heterocycles. The lowest BCUT2D eigenvalue weighted by Gasteiger charge is -2.08. The Morgan fingerprint density at radius 1 is 1.35 bits per heavy atom. The molecule has 1 rings (SSSR count). The molecule has 0 heterocycles. The summed E-state index contributed by atoms with van der Waals surface area (Å²) in [6.07, 6.45) is 2.90. The van der Waals surface area contributed by atoms with Gasteiger partial charge in [-0.25, -0.2) is 13.1 Å². The van der Waals surface area contributed by atoms with Crippen LogP contribution < -0.4 is 4.72 Å². The largest absolute Gasteiger partial charge is 0.242 e. The van der Waals surface area contributed by atoms with E-state index in [9.17, 15) is 8.42 Å². The summed E-state index contributed by atoms with van der Waals surface area (Å²) in [5.74, 6) is 0. The molecule has 6 heteroatoms. The van der Waals surface area contributed by atoms with E-state index in [1.807, 2.05) is 0 Å². The smallest absolute Gasteiger partial charge is 0.211 e. The van der Waals surface area contributed by atoms with Crippen LogP contribution in [0.15, 0.2) is 27.6 Å². The fourth-order valence-corrected chi connectivity index (χ4v) is 3.46. The Bertz CT molecular complexity index is 476. The molecule has 0 amide bonds. The molecular formula is C11H15BrClNO2S. The van der Waals surface area contributed by atoms with Crippen molar-refractivity contribution >= 4 is 37.6 Å². The number of hydrogen-bond acceptors (Lipinski definition) is 2. The van der Waals surface area contributed by atoms with Crippen molar-refractivity contribution < 1.29 is 8.42 Å². The normalized spacial score (nSPS) is 11.7. The SMILES string of the molecule is CCCCCNS(=O)(=O)c1ccc(Br)cc1Cl. The fourth-order valence-electron chi connectivity index (χ4n) is 1.35. The highest BCUT2D eigenvalue weighted by Gasteiger charge is 2.16. The summed E-state index contributed by atoms with van der Waals surface area (Å²) < 4.78 is 27.1. The molecule has 0 saturated heterocycles. The van der Waals surface area contributed by atoms with Crippen LogP contribution in [0.5, 0.6) is 0 Å². The van der Waals surface area contributed by atoms with Gasteiger partial charge in [-0.2, -0.15) is 0 Å². The highest BCUT2D eigenvalue weighted by Crippen LogP contribution is 2.24. The van der Waals surface area contributed by atoms with Gasteiger partial charge in [0.15, 0.2) is 0 Å². The molecule has 0 spiro atoms. The first-order valence-corrected chi connectivity index (χ1v) is 8.07. The molecule has 1 aromatic carbocycles. The molecule has 0 aliphatic rings. The summed E-state index contributed by atoms with van der Waals surface area (Å²) in [6.45, 7) is 2.52. The molecule has 1 aromatic rings. The molecule has 3 nitrogen and oxygen atoms in total. The molecule has 96 valence electrons. The minimum absolute atomic E-state index is 0.124. The number of hydrogen-bond donors (Lipinski definition) is 1. The van der Waals surface area contributed by atoms with E-state index in [0.717, 1.165) is 23.7 Å². The predicted molar refractivity (Wildman–Crippen MR) is 73.9 cm³/mol. The first-order chi connectivity index (χ1) is 7.97. The summed E-state index contributed by atoms with van der Waals surface area (Å²) in [5.41, 5.74) is 0. The van der Waals surface area contributed by atoms with Crippen molar-refractivity contribution in [3.63, 3.8) is 0 Å². The van der Waals surface area contributed by atoms with Gasteiger partial charge in [-0.05, 0) is 24.6 Å². The molecule has 0 bridgehead atoms. The van der Waals surface area contributed by atoms with Crippen LogP contribution in [0.4, 0.5) is 0 Å². The molecule has 17 heavy (non-hydrogen) atoms. The van der Waals surface area contributed by atoms with Crippen LogP contribution in [0.1, 0.15) is 26.2 Å². The van der Waals surface area contributed by atoms with E-state index in [0.29, 0.717) is 6.54 Å². The highest BCUT2D eigenvalue weighted by atomic mass is 79.9. The standard InChI is InChI=1S/C11H15BrClNO2S/c1-2-3-4-7-14-17(15,16)11-6-5-9(12)8-10(11)13/h5-6,8,14H,2-4,7H2,1H3.